The minimum Gasteiger partial charge on any atom is -0.481 e. The quantitative estimate of drug-likeness (QED) is 0.414. The molecule has 0 unspecified atom stereocenters. The minimum atomic E-state index is 0.0176. The van der Waals surface area contributed by atoms with Crippen molar-refractivity contribution in [3.63, 3.8) is 0 Å². The van der Waals surface area contributed by atoms with Gasteiger partial charge in [-0.05, 0) is 55.3 Å². The molecular formula is C21H17ClO2S2. The summed E-state index contributed by atoms with van der Waals surface area (Å²) >= 11 is 9.13. The molecule has 0 atom stereocenters. The van der Waals surface area contributed by atoms with Crippen molar-refractivity contribution in [2.75, 3.05) is 12.4 Å². The summed E-state index contributed by atoms with van der Waals surface area (Å²) in [5.41, 5.74) is 2.37. The molecule has 0 aliphatic heterocycles. The van der Waals surface area contributed by atoms with E-state index in [1.807, 2.05) is 32.0 Å². The van der Waals surface area contributed by atoms with E-state index in [1.54, 1.807) is 41.3 Å². The number of hydrogen-bond acceptors (Lipinski definition) is 4. The van der Waals surface area contributed by atoms with Crippen molar-refractivity contribution in [3.05, 3.63) is 68.8 Å². The first kappa shape index (κ1) is 18.8. The monoisotopic (exact) mass is 400 g/mol. The molecule has 0 radical (unpaired) electrons. The van der Waals surface area contributed by atoms with Crippen molar-refractivity contribution in [1.82, 2.24) is 0 Å². The molecule has 2 aromatic carbocycles. The van der Waals surface area contributed by atoms with Crippen molar-refractivity contribution < 1.29 is 4.74 Å². The minimum absolute atomic E-state index is 0.0176. The molecule has 5 heteroatoms. The standard InChI is InChI=1S/C21H17ClO2S2/c1-14-9-15(2)11-17(10-14)24-7-3-4-8-25-21-13-19(23)18-6-5-16(22)12-20(18)26-21/h5-6,9-13H,7-8H2,1-2H3. The summed E-state index contributed by atoms with van der Waals surface area (Å²) in [6.07, 6.45) is 0. The molecule has 1 heterocycles. The van der Waals surface area contributed by atoms with Crippen LogP contribution in [0.2, 0.25) is 5.02 Å². The van der Waals surface area contributed by atoms with Gasteiger partial charge in [0.15, 0.2) is 5.43 Å². The van der Waals surface area contributed by atoms with Crippen LogP contribution in [-0.4, -0.2) is 12.4 Å². The zero-order valence-electron chi connectivity index (χ0n) is 14.5. The summed E-state index contributed by atoms with van der Waals surface area (Å²) in [5, 5.41) is 1.34. The Morgan fingerprint density at radius 3 is 2.62 bits per heavy atom. The van der Waals surface area contributed by atoms with Crippen LogP contribution < -0.4 is 10.2 Å². The van der Waals surface area contributed by atoms with E-state index in [1.165, 1.54) is 11.1 Å². The second-order valence-corrected chi connectivity index (χ2v) is 8.62. The highest BCUT2D eigenvalue weighted by molar-refractivity contribution is 8.01. The van der Waals surface area contributed by atoms with Gasteiger partial charge in [-0.2, -0.15) is 0 Å². The van der Waals surface area contributed by atoms with Gasteiger partial charge in [0.25, 0.3) is 0 Å². The summed E-state index contributed by atoms with van der Waals surface area (Å²) in [4.78, 5) is 12.2. The lowest BCUT2D eigenvalue weighted by Crippen LogP contribution is -1.98. The molecule has 0 spiro atoms. The van der Waals surface area contributed by atoms with Crippen molar-refractivity contribution >= 4 is 44.8 Å². The third-order valence-electron chi connectivity index (χ3n) is 3.59. The fourth-order valence-corrected chi connectivity index (χ4v) is 4.80. The first-order valence-corrected chi connectivity index (χ1v) is 10.2. The normalized spacial score (nSPS) is 10.4. The number of thioether (sulfide) groups is 1. The van der Waals surface area contributed by atoms with Crippen LogP contribution >= 0.6 is 34.7 Å². The average Bonchev–Trinajstić information content (AvgIpc) is 2.56. The number of halogens is 1. The van der Waals surface area contributed by atoms with Gasteiger partial charge in [-0.15, -0.1) is 23.1 Å². The second-order valence-electron chi connectivity index (χ2n) is 5.82. The van der Waals surface area contributed by atoms with Gasteiger partial charge in [0, 0.05) is 21.2 Å². The molecule has 0 amide bonds. The molecule has 0 fully saturated rings. The molecule has 0 aliphatic rings. The Bertz CT molecular complexity index is 1040. The van der Waals surface area contributed by atoms with Gasteiger partial charge in [-0.3, -0.25) is 4.79 Å². The molecule has 26 heavy (non-hydrogen) atoms. The van der Waals surface area contributed by atoms with Crippen LogP contribution in [0, 0.1) is 25.7 Å². The van der Waals surface area contributed by atoms with E-state index in [4.69, 9.17) is 16.3 Å². The molecule has 3 rings (SSSR count). The number of hydrogen-bond donors (Lipinski definition) is 0. The van der Waals surface area contributed by atoms with E-state index in [0.717, 1.165) is 14.7 Å². The van der Waals surface area contributed by atoms with Crippen molar-refractivity contribution in [1.29, 1.82) is 0 Å². The maximum Gasteiger partial charge on any atom is 0.189 e. The van der Waals surface area contributed by atoms with E-state index in [0.29, 0.717) is 22.8 Å². The maximum atomic E-state index is 12.2. The number of benzene rings is 2. The fraction of sp³-hybridized carbons (Fsp3) is 0.190. The number of fused-ring (bicyclic) bond motifs is 1. The highest BCUT2D eigenvalue weighted by atomic mass is 35.5. The van der Waals surface area contributed by atoms with E-state index in [9.17, 15) is 4.79 Å². The van der Waals surface area contributed by atoms with Gasteiger partial charge in [-0.25, -0.2) is 0 Å². The third-order valence-corrected chi connectivity index (χ3v) is 5.99. The van der Waals surface area contributed by atoms with E-state index >= 15 is 0 Å². The molecule has 1 aromatic heterocycles. The average molecular weight is 401 g/mol. The summed E-state index contributed by atoms with van der Waals surface area (Å²) in [7, 11) is 0. The zero-order chi connectivity index (χ0) is 18.5. The predicted octanol–water partition coefficient (Wildman–Crippen LogP) is 5.71. The Morgan fingerprint density at radius 2 is 1.85 bits per heavy atom. The summed E-state index contributed by atoms with van der Waals surface area (Å²) in [5.74, 6) is 7.55. The fourth-order valence-electron chi connectivity index (χ4n) is 2.52. The molecule has 0 saturated carbocycles. The Balaban J connectivity index is 1.58. The predicted molar refractivity (Wildman–Crippen MR) is 113 cm³/mol. The Labute approximate surface area is 166 Å². The maximum absolute atomic E-state index is 12.2. The lowest BCUT2D eigenvalue weighted by molar-refractivity contribution is 0.369. The van der Waals surface area contributed by atoms with Gasteiger partial charge in [-0.1, -0.05) is 29.5 Å². The van der Waals surface area contributed by atoms with Gasteiger partial charge in [0.2, 0.25) is 0 Å². The van der Waals surface area contributed by atoms with Gasteiger partial charge < -0.3 is 4.74 Å². The largest absolute Gasteiger partial charge is 0.481 e. The van der Waals surface area contributed by atoms with Crippen molar-refractivity contribution in [2.24, 2.45) is 0 Å². The van der Waals surface area contributed by atoms with Crippen LogP contribution in [0.5, 0.6) is 5.75 Å². The second kappa shape index (κ2) is 8.64. The van der Waals surface area contributed by atoms with Crippen LogP contribution in [0.4, 0.5) is 0 Å². The lowest BCUT2D eigenvalue weighted by Gasteiger charge is -2.04. The Morgan fingerprint density at radius 1 is 1.08 bits per heavy atom. The SMILES string of the molecule is Cc1cc(C)cc(OCC#CCSc2cc(=O)c3ccc(Cl)cc3s2)c1. The molecule has 2 nitrogen and oxygen atoms in total. The van der Waals surface area contributed by atoms with Crippen molar-refractivity contribution in [2.45, 2.75) is 18.1 Å². The van der Waals surface area contributed by atoms with E-state index in [-0.39, 0.29) is 5.43 Å². The Kier molecular flexibility index (Phi) is 6.26. The van der Waals surface area contributed by atoms with Crippen LogP contribution in [-0.2, 0) is 0 Å². The van der Waals surface area contributed by atoms with Crippen LogP contribution in [0.1, 0.15) is 11.1 Å². The highest BCUT2D eigenvalue weighted by Crippen LogP contribution is 2.28. The van der Waals surface area contributed by atoms with Crippen LogP contribution in [0.15, 0.2) is 51.5 Å². The van der Waals surface area contributed by atoms with Gasteiger partial charge in [0.05, 0.1) is 9.96 Å². The van der Waals surface area contributed by atoms with Crippen molar-refractivity contribution in [3.8, 4) is 17.6 Å². The Hall–Kier alpha value is -1.93. The number of ether oxygens (including phenoxy) is 1. The van der Waals surface area contributed by atoms with Crippen LogP contribution in [0.25, 0.3) is 10.1 Å². The number of rotatable bonds is 4. The molecule has 0 saturated heterocycles. The summed E-state index contributed by atoms with van der Waals surface area (Å²) in [6.45, 7) is 4.45. The number of aryl methyl sites for hydroxylation is 2. The first-order valence-electron chi connectivity index (χ1n) is 8.04. The molecule has 0 N–H and O–H groups in total. The molecule has 0 aliphatic carbocycles. The molecular weight excluding hydrogens is 384 g/mol. The smallest absolute Gasteiger partial charge is 0.189 e. The topological polar surface area (TPSA) is 26.3 Å². The molecule has 3 aromatic rings. The van der Waals surface area contributed by atoms with E-state index in [2.05, 4.69) is 17.9 Å². The zero-order valence-corrected chi connectivity index (χ0v) is 16.9. The summed E-state index contributed by atoms with van der Waals surface area (Å²) in [6, 6.07) is 13.1. The van der Waals surface area contributed by atoms with Crippen LogP contribution in [0.3, 0.4) is 0 Å². The lowest BCUT2D eigenvalue weighted by atomic mass is 10.1. The van der Waals surface area contributed by atoms with Gasteiger partial charge in [0.1, 0.15) is 12.4 Å². The molecule has 132 valence electrons. The molecule has 0 bridgehead atoms. The van der Waals surface area contributed by atoms with Gasteiger partial charge >= 0.3 is 0 Å². The third kappa shape index (κ3) is 5.04. The highest BCUT2D eigenvalue weighted by Gasteiger charge is 2.04. The van der Waals surface area contributed by atoms with E-state index < -0.39 is 0 Å². The summed E-state index contributed by atoms with van der Waals surface area (Å²) < 4.78 is 7.51. The first-order chi connectivity index (χ1) is 12.5.